The van der Waals surface area contributed by atoms with Crippen molar-refractivity contribution in [3.05, 3.63) is 62.2 Å². The van der Waals surface area contributed by atoms with Crippen LogP contribution in [0, 0.1) is 11.3 Å². The lowest BCUT2D eigenvalue weighted by atomic mass is 9.46. The molecule has 1 spiro atoms. The minimum absolute atomic E-state index is 0.104. The number of carbonyl (C=O) groups excluding carboxylic acids is 1. The number of esters is 1. The van der Waals surface area contributed by atoms with Gasteiger partial charge in [-0.2, -0.15) is 0 Å². The molecule has 188 valence electrons. The third-order valence-electron chi connectivity index (χ3n) is 8.06. The van der Waals surface area contributed by atoms with Crippen LogP contribution >= 0.6 is 27.3 Å². The predicted molar refractivity (Wildman–Crippen MR) is 136 cm³/mol. The number of amidine groups is 1. The van der Waals surface area contributed by atoms with Gasteiger partial charge in [0, 0.05) is 52.2 Å². The summed E-state index contributed by atoms with van der Waals surface area (Å²) < 4.78 is 12.0. The number of piperidine rings is 1. The third kappa shape index (κ3) is 3.55. The molecule has 1 aliphatic carbocycles. The van der Waals surface area contributed by atoms with E-state index in [0.29, 0.717) is 31.2 Å². The summed E-state index contributed by atoms with van der Waals surface area (Å²) in [5, 5.41) is 15.4. The second-order valence-corrected chi connectivity index (χ2v) is 11.4. The van der Waals surface area contributed by atoms with E-state index in [1.165, 1.54) is 18.4 Å². The number of nitrogens with one attached hydrogen (secondary N) is 1. The van der Waals surface area contributed by atoms with E-state index in [4.69, 9.17) is 14.5 Å². The van der Waals surface area contributed by atoms with E-state index in [-0.39, 0.29) is 29.8 Å². The Morgan fingerprint density at radius 2 is 2.19 bits per heavy atom. The van der Waals surface area contributed by atoms with Gasteiger partial charge in [0.15, 0.2) is 10.8 Å². The molecule has 9 nitrogen and oxygen atoms in total. The molecule has 0 amide bonds. The van der Waals surface area contributed by atoms with Crippen molar-refractivity contribution >= 4 is 45.0 Å². The molecule has 2 saturated heterocycles. The highest BCUT2D eigenvalue weighted by Gasteiger charge is 2.73. The quantitative estimate of drug-likeness (QED) is 0.487. The molecule has 2 aromatic rings. The van der Waals surface area contributed by atoms with E-state index >= 15 is 0 Å². The van der Waals surface area contributed by atoms with E-state index in [2.05, 4.69) is 31.1 Å². The molecule has 3 aliphatic heterocycles. The topological polar surface area (TPSA) is 113 Å². The van der Waals surface area contributed by atoms with Gasteiger partial charge in [0.25, 0.3) is 0 Å². The first-order chi connectivity index (χ1) is 17.4. The largest absolute Gasteiger partial charge is 0.481 e. The normalized spacial score (nSPS) is 30.9. The number of hydrogen-bond donors (Lipinski definition) is 2. The van der Waals surface area contributed by atoms with Crippen molar-refractivity contribution in [2.45, 2.75) is 31.0 Å². The van der Waals surface area contributed by atoms with Crippen molar-refractivity contribution < 1.29 is 24.2 Å². The van der Waals surface area contributed by atoms with Gasteiger partial charge in [-0.3, -0.25) is 14.7 Å². The maximum absolute atomic E-state index is 13.2. The zero-order chi connectivity index (χ0) is 25.0. The van der Waals surface area contributed by atoms with Crippen LogP contribution in [0.25, 0.3) is 0 Å². The minimum Gasteiger partial charge on any atom is -0.481 e. The number of rotatable bonds is 7. The molecular formula is C25H25BrN4O5S. The number of halogens is 1. The molecule has 4 heterocycles. The van der Waals surface area contributed by atoms with Crippen LogP contribution in [0.4, 0.5) is 0 Å². The van der Waals surface area contributed by atoms with Crippen molar-refractivity contribution in [1.29, 1.82) is 0 Å². The molecule has 36 heavy (non-hydrogen) atoms. The number of ether oxygens (including phenoxy) is 2. The summed E-state index contributed by atoms with van der Waals surface area (Å²) in [7, 11) is 1.38. The van der Waals surface area contributed by atoms with Crippen molar-refractivity contribution in [2.24, 2.45) is 16.3 Å². The lowest BCUT2D eigenvalue weighted by Gasteiger charge is -2.71. The van der Waals surface area contributed by atoms with Crippen molar-refractivity contribution in [3.63, 3.8) is 0 Å². The number of carboxylic acid groups (broad SMARTS) is 1. The van der Waals surface area contributed by atoms with Gasteiger partial charge in [-0.05, 0) is 24.0 Å². The van der Waals surface area contributed by atoms with Gasteiger partial charge in [0.05, 0.1) is 25.9 Å². The third-order valence-corrected chi connectivity index (χ3v) is 9.57. The Kier molecular flexibility index (Phi) is 5.98. The number of carboxylic acids is 1. The number of aliphatic imine (C=N–C) groups is 1. The Morgan fingerprint density at radius 3 is 2.92 bits per heavy atom. The molecule has 0 radical (unpaired) electrons. The van der Waals surface area contributed by atoms with Crippen LogP contribution in [0.15, 0.2) is 56.6 Å². The zero-order valence-electron chi connectivity index (χ0n) is 19.5. The molecular weight excluding hydrogens is 548 g/mol. The summed E-state index contributed by atoms with van der Waals surface area (Å²) in [4.78, 5) is 36.3. The molecule has 3 fully saturated rings. The van der Waals surface area contributed by atoms with Gasteiger partial charge >= 0.3 is 11.9 Å². The van der Waals surface area contributed by atoms with Crippen molar-refractivity contribution in [2.75, 3.05) is 26.9 Å². The molecule has 1 aromatic heterocycles. The molecule has 1 aromatic carbocycles. The van der Waals surface area contributed by atoms with Crippen molar-refractivity contribution in [3.8, 4) is 0 Å². The molecule has 2 N–H and O–H groups in total. The molecule has 4 aliphatic rings. The fourth-order valence-corrected chi connectivity index (χ4v) is 7.53. The number of likely N-dealkylation sites (tertiary alicyclic amines) is 1. The standard InChI is InChI=1S/C25H25BrN4O5S/c1-34-24(33)20-16(10-30-17-8-13(9-19(31)32)25(17)12-35-11-18(25)30)28-22(23-27-6-7-36-23)29-21(20)14-4-2-3-5-15(14)26/h2-7,13,17-18,21H,8-12H2,1H3,(H,28,29)(H,31,32). The second kappa shape index (κ2) is 9.05. The van der Waals surface area contributed by atoms with Gasteiger partial charge in [-0.25, -0.2) is 9.78 Å². The number of carbonyl (C=O) groups is 2. The monoisotopic (exact) mass is 572 g/mol. The fraction of sp³-hybridized carbons (Fsp3) is 0.440. The number of aliphatic carboxylic acids is 1. The maximum atomic E-state index is 13.2. The number of thiazole rings is 1. The van der Waals surface area contributed by atoms with Crippen molar-refractivity contribution in [1.82, 2.24) is 15.2 Å². The first-order valence-electron chi connectivity index (χ1n) is 11.8. The zero-order valence-corrected chi connectivity index (χ0v) is 21.9. The van der Waals surface area contributed by atoms with Gasteiger partial charge in [0.1, 0.15) is 6.04 Å². The van der Waals surface area contributed by atoms with E-state index < -0.39 is 18.0 Å². The van der Waals surface area contributed by atoms with Crippen LogP contribution in [-0.4, -0.2) is 71.7 Å². The summed E-state index contributed by atoms with van der Waals surface area (Å²) in [5.74, 6) is -0.466. The summed E-state index contributed by atoms with van der Waals surface area (Å²) in [6.45, 7) is 1.64. The number of nitrogens with zero attached hydrogens (tertiary/aromatic N) is 3. The average molecular weight is 573 g/mol. The minimum atomic E-state index is -0.762. The maximum Gasteiger partial charge on any atom is 0.338 e. The van der Waals surface area contributed by atoms with E-state index in [9.17, 15) is 14.7 Å². The van der Waals surface area contributed by atoms with E-state index in [1.807, 2.05) is 29.6 Å². The fourth-order valence-electron chi connectivity index (χ4n) is 6.44. The first-order valence-corrected chi connectivity index (χ1v) is 13.5. The highest BCUT2D eigenvalue weighted by molar-refractivity contribution is 9.10. The SMILES string of the molecule is COC(=O)C1=C(CN2C3COCC34C(CC(=O)O)CC24)NC(c2nccs2)=NC1c1ccccc1Br. The van der Waals surface area contributed by atoms with Crippen LogP contribution < -0.4 is 5.32 Å². The van der Waals surface area contributed by atoms with E-state index in [1.54, 1.807) is 6.20 Å². The highest BCUT2D eigenvalue weighted by atomic mass is 79.9. The molecule has 6 rings (SSSR count). The summed E-state index contributed by atoms with van der Waals surface area (Å²) in [5.41, 5.74) is 1.94. The van der Waals surface area contributed by atoms with Gasteiger partial charge < -0.3 is 19.9 Å². The van der Waals surface area contributed by atoms with Crippen LogP contribution in [0.5, 0.6) is 0 Å². The summed E-state index contributed by atoms with van der Waals surface area (Å²) >= 11 is 5.11. The summed E-state index contributed by atoms with van der Waals surface area (Å²) in [6, 6.07) is 7.50. The Bertz CT molecular complexity index is 1280. The molecule has 5 unspecified atom stereocenters. The van der Waals surface area contributed by atoms with Crippen LogP contribution in [0.3, 0.4) is 0 Å². The Balaban J connectivity index is 1.38. The van der Waals surface area contributed by atoms with E-state index in [0.717, 1.165) is 27.2 Å². The number of benzene rings is 1. The van der Waals surface area contributed by atoms with Gasteiger partial charge in [-0.1, -0.05) is 34.1 Å². The Hall–Kier alpha value is -2.60. The lowest BCUT2D eigenvalue weighted by molar-refractivity contribution is -0.222. The molecule has 1 saturated carbocycles. The lowest BCUT2D eigenvalue weighted by Crippen LogP contribution is -2.80. The first kappa shape index (κ1) is 23.8. The van der Waals surface area contributed by atoms with Crippen LogP contribution in [0.1, 0.15) is 29.5 Å². The molecule has 0 bridgehead atoms. The van der Waals surface area contributed by atoms with Gasteiger partial charge in [0.2, 0.25) is 0 Å². The number of hydrogen-bond acceptors (Lipinski definition) is 9. The van der Waals surface area contributed by atoms with Gasteiger partial charge in [-0.15, -0.1) is 11.3 Å². The highest BCUT2D eigenvalue weighted by Crippen LogP contribution is 2.65. The second-order valence-electron chi connectivity index (χ2n) is 9.61. The number of aromatic nitrogens is 1. The Labute approximate surface area is 220 Å². The molecule has 5 atom stereocenters. The number of methoxy groups -OCH3 is 1. The Morgan fingerprint density at radius 1 is 1.36 bits per heavy atom. The smallest absolute Gasteiger partial charge is 0.338 e. The predicted octanol–water partition coefficient (Wildman–Crippen LogP) is 2.99. The molecule has 11 heteroatoms. The van der Waals surface area contributed by atoms with Crippen LogP contribution in [0.2, 0.25) is 0 Å². The average Bonchev–Trinajstić information content (AvgIpc) is 3.55. The summed E-state index contributed by atoms with van der Waals surface area (Å²) in [6.07, 6.45) is 2.71. The van der Waals surface area contributed by atoms with Crippen LogP contribution in [-0.2, 0) is 19.1 Å².